The Kier molecular flexibility index (Phi) is 1.77. The smallest absolute Gasteiger partial charge is 0.223 e. The summed E-state index contributed by atoms with van der Waals surface area (Å²) in [5, 5.41) is 7.91. The number of hydrogen-bond acceptors (Lipinski definition) is 5. The number of aromatic nitrogens is 5. The van der Waals surface area contributed by atoms with Crippen molar-refractivity contribution in [1.29, 1.82) is 0 Å². The Bertz CT molecular complexity index is 450. The fourth-order valence-corrected chi connectivity index (χ4v) is 1.26. The van der Waals surface area contributed by atoms with Crippen molar-refractivity contribution < 1.29 is 0 Å². The average molecular weight is 199 g/mol. The molecule has 0 aromatic carbocycles. The molecule has 0 aliphatic heterocycles. The molecule has 0 fully saturated rings. The molecule has 13 heavy (non-hydrogen) atoms. The SMILES string of the molecule is CCn1nnc2c(Cl)nc(N)nc21. The first-order valence-corrected chi connectivity index (χ1v) is 4.12. The Morgan fingerprint density at radius 2 is 2.23 bits per heavy atom. The third-order valence-electron chi connectivity index (χ3n) is 1.64. The van der Waals surface area contributed by atoms with E-state index in [1.54, 1.807) is 4.68 Å². The molecule has 0 amide bonds. The summed E-state index contributed by atoms with van der Waals surface area (Å²) >= 11 is 5.79. The first-order chi connectivity index (χ1) is 6.22. The van der Waals surface area contributed by atoms with E-state index in [1.807, 2.05) is 6.92 Å². The van der Waals surface area contributed by atoms with Crippen LogP contribution in [0.1, 0.15) is 6.92 Å². The molecule has 0 unspecified atom stereocenters. The van der Waals surface area contributed by atoms with Gasteiger partial charge in [0, 0.05) is 6.54 Å². The number of halogens is 1. The lowest BCUT2D eigenvalue weighted by atomic mass is 10.5. The van der Waals surface area contributed by atoms with Gasteiger partial charge in [-0.15, -0.1) is 5.10 Å². The van der Waals surface area contributed by atoms with Crippen molar-refractivity contribution in [2.24, 2.45) is 0 Å². The Labute approximate surface area is 78.7 Å². The van der Waals surface area contributed by atoms with Crippen LogP contribution in [0, 0.1) is 0 Å². The summed E-state index contributed by atoms with van der Waals surface area (Å²) in [6.07, 6.45) is 0. The second-order valence-corrected chi connectivity index (χ2v) is 2.81. The van der Waals surface area contributed by atoms with Gasteiger partial charge in [-0.3, -0.25) is 0 Å². The van der Waals surface area contributed by atoms with Gasteiger partial charge in [0.15, 0.2) is 16.3 Å². The van der Waals surface area contributed by atoms with E-state index >= 15 is 0 Å². The summed E-state index contributed by atoms with van der Waals surface area (Å²) < 4.78 is 1.61. The number of nitrogens with two attached hydrogens (primary N) is 1. The average Bonchev–Trinajstić information content (AvgIpc) is 2.47. The van der Waals surface area contributed by atoms with Crippen molar-refractivity contribution in [2.75, 3.05) is 5.73 Å². The molecule has 2 rings (SSSR count). The minimum Gasteiger partial charge on any atom is -0.368 e. The molecular formula is C6H7ClN6. The highest BCUT2D eigenvalue weighted by Gasteiger charge is 2.10. The van der Waals surface area contributed by atoms with E-state index in [0.29, 0.717) is 17.7 Å². The van der Waals surface area contributed by atoms with Crippen molar-refractivity contribution in [1.82, 2.24) is 25.0 Å². The van der Waals surface area contributed by atoms with Gasteiger partial charge in [-0.1, -0.05) is 16.8 Å². The monoisotopic (exact) mass is 198 g/mol. The molecule has 0 radical (unpaired) electrons. The largest absolute Gasteiger partial charge is 0.368 e. The molecular weight excluding hydrogens is 192 g/mol. The van der Waals surface area contributed by atoms with Crippen molar-refractivity contribution >= 4 is 28.7 Å². The molecule has 0 bridgehead atoms. The number of fused-ring (bicyclic) bond motifs is 1. The molecule has 0 saturated carbocycles. The maximum Gasteiger partial charge on any atom is 0.223 e. The minimum absolute atomic E-state index is 0.134. The Morgan fingerprint density at radius 3 is 2.92 bits per heavy atom. The van der Waals surface area contributed by atoms with Crippen LogP contribution in [-0.2, 0) is 6.54 Å². The third kappa shape index (κ3) is 1.19. The molecule has 0 saturated heterocycles. The molecule has 7 heteroatoms. The second kappa shape index (κ2) is 2.81. The molecule has 68 valence electrons. The van der Waals surface area contributed by atoms with E-state index < -0.39 is 0 Å². The van der Waals surface area contributed by atoms with Crippen LogP contribution in [0.4, 0.5) is 5.95 Å². The first kappa shape index (κ1) is 8.18. The van der Waals surface area contributed by atoms with E-state index in [-0.39, 0.29) is 11.1 Å². The highest BCUT2D eigenvalue weighted by molar-refractivity contribution is 6.33. The molecule has 6 nitrogen and oxygen atoms in total. The molecule has 0 spiro atoms. The summed E-state index contributed by atoms with van der Waals surface area (Å²) in [7, 11) is 0. The Balaban J connectivity index is 2.82. The zero-order valence-corrected chi connectivity index (χ0v) is 7.65. The van der Waals surface area contributed by atoms with Crippen molar-refractivity contribution in [3.8, 4) is 0 Å². The standard InChI is InChI=1S/C6H7ClN6/c1-2-13-5-3(11-12-13)4(7)9-6(8)10-5/h2H2,1H3,(H2,8,9,10). The van der Waals surface area contributed by atoms with Gasteiger partial charge in [0.1, 0.15) is 0 Å². The topological polar surface area (TPSA) is 82.5 Å². The van der Waals surface area contributed by atoms with Gasteiger partial charge in [-0.05, 0) is 6.92 Å². The Morgan fingerprint density at radius 1 is 1.46 bits per heavy atom. The lowest BCUT2D eigenvalue weighted by Crippen LogP contribution is -2.01. The lowest BCUT2D eigenvalue weighted by Gasteiger charge is -1.96. The van der Waals surface area contributed by atoms with E-state index in [4.69, 9.17) is 17.3 Å². The number of rotatable bonds is 1. The molecule has 2 heterocycles. The van der Waals surface area contributed by atoms with E-state index in [2.05, 4.69) is 20.3 Å². The molecule has 0 atom stereocenters. The molecule has 2 N–H and O–H groups in total. The Hall–Kier alpha value is -1.43. The highest BCUT2D eigenvalue weighted by Crippen LogP contribution is 2.17. The van der Waals surface area contributed by atoms with Gasteiger partial charge in [0.05, 0.1) is 0 Å². The summed E-state index contributed by atoms with van der Waals surface area (Å²) in [6.45, 7) is 2.60. The number of nitrogen functional groups attached to an aromatic ring is 1. The summed E-state index contributed by atoms with van der Waals surface area (Å²) in [4.78, 5) is 7.75. The van der Waals surface area contributed by atoms with E-state index in [1.165, 1.54) is 0 Å². The van der Waals surface area contributed by atoms with E-state index in [0.717, 1.165) is 0 Å². The highest BCUT2D eigenvalue weighted by atomic mass is 35.5. The van der Waals surface area contributed by atoms with Gasteiger partial charge >= 0.3 is 0 Å². The lowest BCUT2D eigenvalue weighted by molar-refractivity contribution is 0.641. The predicted octanol–water partition coefficient (Wildman–Crippen LogP) is 0.477. The molecule has 0 aliphatic carbocycles. The summed E-state index contributed by atoms with van der Waals surface area (Å²) in [5.74, 6) is 0.134. The molecule has 0 aliphatic rings. The predicted molar refractivity (Wildman–Crippen MR) is 48.2 cm³/mol. The van der Waals surface area contributed by atoms with Crippen LogP contribution in [0.2, 0.25) is 5.15 Å². The summed E-state index contributed by atoms with van der Waals surface area (Å²) in [5.41, 5.74) is 6.49. The summed E-state index contributed by atoms with van der Waals surface area (Å²) in [6, 6.07) is 0. The maximum absolute atomic E-state index is 5.79. The van der Waals surface area contributed by atoms with Gasteiger partial charge in [-0.25, -0.2) is 4.68 Å². The number of hydrogen-bond donors (Lipinski definition) is 1. The van der Waals surface area contributed by atoms with Gasteiger partial charge in [-0.2, -0.15) is 9.97 Å². The van der Waals surface area contributed by atoms with Crippen LogP contribution in [0.3, 0.4) is 0 Å². The van der Waals surface area contributed by atoms with E-state index in [9.17, 15) is 0 Å². The molecule has 2 aromatic heterocycles. The third-order valence-corrected chi connectivity index (χ3v) is 1.90. The van der Waals surface area contributed by atoms with Crippen LogP contribution < -0.4 is 5.73 Å². The zero-order chi connectivity index (χ0) is 9.42. The zero-order valence-electron chi connectivity index (χ0n) is 6.90. The van der Waals surface area contributed by atoms with Gasteiger partial charge < -0.3 is 5.73 Å². The van der Waals surface area contributed by atoms with Crippen molar-refractivity contribution in [3.63, 3.8) is 0 Å². The fraction of sp³-hybridized carbons (Fsp3) is 0.333. The van der Waals surface area contributed by atoms with Crippen LogP contribution in [0.15, 0.2) is 0 Å². The second-order valence-electron chi connectivity index (χ2n) is 2.45. The number of aryl methyl sites for hydroxylation is 1. The normalized spacial score (nSPS) is 10.9. The van der Waals surface area contributed by atoms with Gasteiger partial charge in [0.25, 0.3) is 0 Å². The van der Waals surface area contributed by atoms with Crippen LogP contribution in [0.25, 0.3) is 11.2 Å². The van der Waals surface area contributed by atoms with Crippen molar-refractivity contribution in [2.45, 2.75) is 13.5 Å². The number of nitrogens with zero attached hydrogens (tertiary/aromatic N) is 5. The quantitative estimate of drug-likeness (QED) is 0.674. The minimum atomic E-state index is 0.134. The van der Waals surface area contributed by atoms with Crippen molar-refractivity contribution in [3.05, 3.63) is 5.15 Å². The number of anilines is 1. The van der Waals surface area contributed by atoms with Crippen LogP contribution in [0.5, 0.6) is 0 Å². The van der Waals surface area contributed by atoms with Gasteiger partial charge in [0.2, 0.25) is 5.95 Å². The fourth-order valence-electron chi connectivity index (χ4n) is 1.05. The van der Waals surface area contributed by atoms with Crippen LogP contribution in [-0.4, -0.2) is 25.0 Å². The molecule has 2 aromatic rings. The van der Waals surface area contributed by atoms with Crippen LogP contribution >= 0.6 is 11.6 Å². The first-order valence-electron chi connectivity index (χ1n) is 3.74. The maximum atomic E-state index is 5.79.